The largest absolute Gasteiger partial charge is 0.325 e. The van der Waals surface area contributed by atoms with Gasteiger partial charge < -0.3 is 9.88 Å². The number of aromatic nitrogens is 3. The third-order valence-corrected chi connectivity index (χ3v) is 6.26. The minimum Gasteiger partial charge on any atom is -0.325 e. The van der Waals surface area contributed by atoms with Gasteiger partial charge in [0, 0.05) is 27.7 Å². The number of hydrogen-bond donors (Lipinski definition) is 1. The van der Waals surface area contributed by atoms with E-state index in [9.17, 15) is 4.79 Å². The van der Waals surface area contributed by atoms with E-state index < -0.39 is 0 Å². The van der Waals surface area contributed by atoms with Crippen molar-refractivity contribution in [3.63, 3.8) is 0 Å². The first-order valence-electron chi connectivity index (χ1n) is 8.37. The van der Waals surface area contributed by atoms with Crippen LogP contribution in [0, 0.1) is 6.92 Å². The van der Waals surface area contributed by atoms with Crippen molar-refractivity contribution in [2.45, 2.75) is 22.7 Å². The van der Waals surface area contributed by atoms with Gasteiger partial charge in [0.2, 0.25) is 5.91 Å². The van der Waals surface area contributed by atoms with Crippen molar-refractivity contribution in [3.8, 4) is 0 Å². The Morgan fingerprint density at radius 1 is 1.07 bits per heavy atom. The lowest BCUT2D eigenvalue weighted by Gasteiger charge is -2.07. The molecule has 1 amide bonds. The third-order valence-electron chi connectivity index (χ3n) is 3.79. The average Bonchev–Trinajstić information content (AvgIpc) is 2.98. The average molecular weight is 453 g/mol. The summed E-state index contributed by atoms with van der Waals surface area (Å²) in [5.74, 6) is 1.61. The predicted molar refractivity (Wildman–Crippen MR) is 118 cm³/mol. The van der Waals surface area contributed by atoms with Gasteiger partial charge in [0.05, 0.1) is 11.5 Å². The van der Waals surface area contributed by atoms with Gasteiger partial charge >= 0.3 is 0 Å². The molecule has 0 bridgehead atoms. The normalized spacial score (nSPS) is 10.9. The molecule has 5 nitrogen and oxygen atoms in total. The van der Waals surface area contributed by atoms with E-state index in [-0.39, 0.29) is 11.7 Å². The van der Waals surface area contributed by atoms with Crippen LogP contribution in [0.5, 0.6) is 0 Å². The number of hydrogen-bond acceptors (Lipinski definition) is 5. The van der Waals surface area contributed by atoms with E-state index >= 15 is 0 Å². The highest BCUT2D eigenvalue weighted by atomic mass is 35.5. The number of carbonyl (C=O) groups is 1. The summed E-state index contributed by atoms with van der Waals surface area (Å²) in [4.78, 5) is 13.4. The second-order valence-electron chi connectivity index (χ2n) is 6.05. The Morgan fingerprint density at radius 3 is 2.43 bits per heavy atom. The number of thioether (sulfide) groups is 2. The quantitative estimate of drug-likeness (QED) is 0.482. The zero-order valence-electron chi connectivity index (χ0n) is 15.3. The van der Waals surface area contributed by atoms with E-state index in [0.717, 1.165) is 5.82 Å². The molecule has 9 heteroatoms. The van der Waals surface area contributed by atoms with Crippen LogP contribution in [-0.4, -0.2) is 26.4 Å². The van der Waals surface area contributed by atoms with Crippen molar-refractivity contribution >= 4 is 58.3 Å². The number of aryl methyl sites for hydroxylation is 1. The maximum atomic E-state index is 12.2. The van der Waals surface area contributed by atoms with Crippen molar-refractivity contribution in [2.75, 3.05) is 11.1 Å². The SMILES string of the molecule is Cc1ccc(SCc2nnc(SCC(=O)Nc3cc(Cl)cc(Cl)c3)n2C)cc1. The lowest BCUT2D eigenvalue weighted by Crippen LogP contribution is -2.14. The molecule has 28 heavy (non-hydrogen) atoms. The van der Waals surface area contributed by atoms with Crippen LogP contribution in [0.25, 0.3) is 0 Å². The summed E-state index contributed by atoms with van der Waals surface area (Å²) in [7, 11) is 1.90. The topological polar surface area (TPSA) is 59.8 Å². The second-order valence-corrected chi connectivity index (χ2v) is 8.92. The molecule has 0 aliphatic carbocycles. The highest BCUT2D eigenvalue weighted by Gasteiger charge is 2.12. The van der Waals surface area contributed by atoms with Crippen LogP contribution in [-0.2, 0) is 17.6 Å². The molecule has 0 saturated heterocycles. The molecule has 3 aromatic rings. The first-order chi connectivity index (χ1) is 13.4. The van der Waals surface area contributed by atoms with Gasteiger partial charge in [-0.2, -0.15) is 0 Å². The molecule has 3 rings (SSSR count). The van der Waals surface area contributed by atoms with Gasteiger partial charge in [-0.1, -0.05) is 52.7 Å². The second kappa shape index (κ2) is 9.69. The summed E-state index contributed by atoms with van der Waals surface area (Å²) in [5.41, 5.74) is 1.80. The monoisotopic (exact) mass is 452 g/mol. The van der Waals surface area contributed by atoms with Crippen molar-refractivity contribution in [1.82, 2.24) is 14.8 Å². The fraction of sp³-hybridized carbons (Fsp3) is 0.211. The Bertz CT molecular complexity index is 956. The lowest BCUT2D eigenvalue weighted by molar-refractivity contribution is -0.113. The number of nitrogens with zero attached hydrogens (tertiary/aromatic N) is 3. The first kappa shape index (κ1) is 21.0. The maximum absolute atomic E-state index is 12.2. The lowest BCUT2D eigenvalue weighted by atomic mass is 10.2. The third kappa shape index (κ3) is 5.91. The van der Waals surface area contributed by atoms with Crippen LogP contribution < -0.4 is 5.32 Å². The van der Waals surface area contributed by atoms with E-state index in [4.69, 9.17) is 23.2 Å². The Kier molecular flexibility index (Phi) is 7.29. The van der Waals surface area contributed by atoms with Crippen LogP contribution in [0.2, 0.25) is 10.0 Å². The molecule has 0 unspecified atom stereocenters. The molecule has 0 aliphatic heterocycles. The number of anilines is 1. The molecule has 1 heterocycles. The number of benzene rings is 2. The minimum atomic E-state index is -0.165. The molecule has 146 valence electrons. The van der Waals surface area contributed by atoms with Crippen molar-refractivity contribution < 1.29 is 4.79 Å². The van der Waals surface area contributed by atoms with Crippen molar-refractivity contribution in [2.24, 2.45) is 7.05 Å². The van der Waals surface area contributed by atoms with Crippen LogP contribution in [0.3, 0.4) is 0 Å². The van der Waals surface area contributed by atoms with Crippen molar-refractivity contribution in [1.29, 1.82) is 0 Å². The Balaban J connectivity index is 1.53. The number of rotatable bonds is 7. The van der Waals surface area contributed by atoms with E-state index in [1.54, 1.807) is 30.0 Å². The van der Waals surface area contributed by atoms with Gasteiger partial charge in [0.15, 0.2) is 5.16 Å². The van der Waals surface area contributed by atoms with Gasteiger partial charge in [-0.05, 0) is 37.3 Å². The highest BCUT2D eigenvalue weighted by Crippen LogP contribution is 2.25. The standard InChI is InChI=1S/C19H18Cl2N4OS2/c1-12-3-5-16(6-4-12)27-10-17-23-24-19(25(17)2)28-11-18(26)22-15-8-13(20)7-14(21)9-15/h3-9H,10-11H2,1-2H3,(H,22,26). The number of carbonyl (C=O) groups excluding carboxylic acids is 1. The molecule has 0 fully saturated rings. The summed E-state index contributed by atoms with van der Waals surface area (Å²) in [6.07, 6.45) is 0. The van der Waals surface area contributed by atoms with Gasteiger partial charge in [-0.3, -0.25) is 4.79 Å². The Labute approximate surface area is 182 Å². The number of amides is 1. The van der Waals surface area contributed by atoms with Crippen LogP contribution in [0.4, 0.5) is 5.69 Å². The van der Waals surface area contributed by atoms with Crippen LogP contribution in [0.1, 0.15) is 11.4 Å². The summed E-state index contributed by atoms with van der Waals surface area (Å²) in [5, 5.41) is 12.8. The highest BCUT2D eigenvalue weighted by molar-refractivity contribution is 7.99. The zero-order valence-corrected chi connectivity index (χ0v) is 18.4. The zero-order chi connectivity index (χ0) is 20.1. The van der Waals surface area contributed by atoms with Gasteiger partial charge in [0.1, 0.15) is 5.82 Å². The van der Waals surface area contributed by atoms with Gasteiger partial charge in [0.25, 0.3) is 0 Å². The smallest absolute Gasteiger partial charge is 0.234 e. The molecule has 1 N–H and O–H groups in total. The molecule has 0 atom stereocenters. The summed E-state index contributed by atoms with van der Waals surface area (Å²) >= 11 is 14.9. The molecule has 0 spiro atoms. The summed E-state index contributed by atoms with van der Waals surface area (Å²) < 4.78 is 1.91. The molecule has 1 aromatic heterocycles. The van der Waals surface area contributed by atoms with Gasteiger partial charge in [-0.15, -0.1) is 22.0 Å². The van der Waals surface area contributed by atoms with E-state index in [2.05, 4.69) is 46.7 Å². The fourth-order valence-corrected chi connectivity index (χ4v) is 4.46. The number of nitrogens with one attached hydrogen (secondary N) is 1. The summed E-state index contributed by atoms with van der Waals surface area (Å²) in [6, 6.07) is 13.3. The first-order valence-corrected chi connectivity index (χ1v) is 11.1. The maximum Gasteiger partial charge on any atom is 0.234 e. The predicted octanol–water partition coefficient (Wildman–Crippen LogP) is 5.45. The molecular formula is C19H18Cl2N4OS2. The van der Waals surface area contributed by atoms with E-state index in [0.29, 0.717) is 26.6 Å². The Hall–Kier alpha value is -1.67. The molecule has 0 aliphatic rings. The van der Waals surface area contributed by atoms with Crippen LogP contribution >= 0.6 is 46.7 Å². The molecule has 0 radical (unpaired) electrons. The molecule has 0 saturated carbocycles. The van der Waals surface area contributed by atoms with Crippen LogP contribution in [0.15, 0.2) is 52.5 Å². The molecular weight excluding hydrogens is 435 g/mol. The molecule has 2 aromatic carbocycles. The summed E-state index contributed by atoms with van der Waals surface area (Å²) in [6.45, 7) is 2.07. The van der Waals surface area contributed by atoms with Crippen molar-refractivity contribution in [3.05, 3.63) is 63.9 Å². The fourth-order valence-electron chi connectivity index (χ4n) is 2.33. The Morgan fingerprint density at radius 2 is 1.75 bits per heavy atom. The van der Waals surface area contributed by atoms with E-state index in [1.165, 1.54) is 22.2 Å². The van der Waals surface area contributed by atoms with Gasteiger partial charge in [-0.25, -0.2) is 0 Å². The van der Waals surface area contributed by atoms with E-state index in [1.807, 2.05) is 11.6 Å². The number of halogens is 2. The minimum absolute atomic E-state index is 0.165.